The van der Waals surface area contributed by atoms with Crippen molar-refractivity contribution in [3.8, 4) is 17.4 Å². The van der Waals surface area contributed by atoms with E-state index in [0.29, 0.717) is 26.7 Å². The fourth-order valence-electron chi connectivity index (χ4n) is 2.78. The Morgan fingerprint density at radius 1 is 1.57 bits per heavy atom. The van der Waals surface area contributed by atoms with Crippen molar-refractivity contribution in [3.05, 3.63) is 46.8 Å². The lowest BCUT2D eigenvalue weighted by molar-refractivity contribution is -0.120. The van der Waals surface area contributed by atoms with Crippen LogP contribution in [0.3, 0.4) is 0 Å². The largest absolute Gasteiger partial charge is 0.464 e. The van der Waals surface area contributed by atoms with Gasteiger partial charge in [-0.15, -0.1) is 17.9 Å². The first-order chi connectivity index (χ1) is 14.3. The minimum atomic E-state index is -0.957. The van der Waals surface area contributed by atoms with Crippen molar-refractivity contribution in [1.82, 2.24) is 14.9 Å². The second kappa shape index (κ2) is 8.90. The van der Waals surface area contributed by atoms with Crippen LogP contribution < -0.4 is 10.9 Å². The van der Waals surface area contributed by atoms with Crippen molar-refractivity contribution in [2.24, 2.45) is 5.92 Å². The Balaban J connectivity index is 1.92. The summed E-state index contributed by atoms with van der Waals surface area (Å²) >= 11 is 2.51. The van der Waals surface area contributed by atoms with Gasteiger partial charge in [0, 0.05) is 17.5 Å². The Morgan fingerprint density at radius 2 is 2.33 bits per heavy atom. The number of amides is 1. The number of carbonyl (C=O) groups is 1. The second-order valence-electron chi connectivity index (χ2n) is 7.21. The summed E-state index contributed by atoms with van der Waals surface area (Å²) in [6.45, 7) is 9.44. The molecule has 0 aromatic carbocycles. The number of nitrogens with zero attached hydrogens (tertiary/aromatic N) is 3. The maximum atomic E-state index is 13.2. The zero-order valence-electron chi connectivity index (χ0n) is 17.0. The average molecular weight is 443 g/mol. The van der Waals surface area contributed by atoms with Crippen molar-refractivity contribution in [1.29, 1.82) is 5.26 Å². The number of aromatic nitrogens is 2. The number of thiophene rings is 1. The molecule has 1 atom stereocenters. The molecule has 3 aromatic rings. The number of nitrogens with one attached hydrogen (secondary N) is 1. The molecule has 7 nitrogen and oxygen atoms in total. The van der Waals surface area contributed by atoms with E-state index < -0.39 is 5.54 Å². The molecule has 0 aliphatic carbocycles. The summed E-state index contributed by atoms with van der Waals surface area (Å²) in [5.74, 6) is 0.306. The van der Waals surface area contributed by atoms with E-state index in [-0.39, 0.29) is 29.7 Å². The molecule has 0 saturated heterocycles. The number of rotatable bonds is 8. The zero-order chi connectivity index (χ0) is 21.9. The van der Waals surface area contributed by atoms with Crippen LogP contribution >= 0.6 is 23.1 Å². The molecule has 3 rings (SSSR count). The van der Waals surface area contributed by atoms with Gasteiger partial charge in [-0.2, -0.15) is 5.26 Å². The molecule has 1 amide bonds. The lowest BCUT2D eigenvalue weighted by Gasteiger charge is -2.27. The predicted molar refractivity (Wildman–Crippen MR) is 120 cm³/mol. The molecule has 0 radical (unpaired) electrons. The van der Waals surface area contributed by atoms with Gasteiger partial charge in [0.25, 0.3) is 5.56 Å². The van der Waals surface area contributed by atoms with Gasteiger partial charge in [0.1, 0.15) is 16.1 Å². The lowest BCUT2D eigenvalue weighted by atomic mass is 9.90. The van der Waals surface area contributed by atoms with Crippen LogP contribution in [-0.2, 0) is 11.3 Å². The molecule has 30 heavy (non-hydrogen) atoms. The van der Waals surface area contributed by atoms with Gasteiger partial charge < -0.3 is 9.73 Å². The van der Waals surface area contributed by atoms with Crippen molar-refractivity contribution in [2.45, 2.75) is 38.0 Å². The highest BCUT2D eigenvalue weighted by atomic mass is 32.2. The van der Waals surface area contributed by atoms with Gasteiger partial charge in [0.2, 0.25) is 5.91 Å². The van der Waals surface area contributed by atoms with Gasteiger partial charge >= 0.3 is 0 Å². The molecule has 3 heterocycles. The average Bonchev–Trinajstić information content (AvgIpc) is 3.38. The lowest BCUT2D eigenvalue weighted by Crippen LogP contribution is -2.49. The van der Waals surface area contributed by atoms with Crippen LogP contribution in [0.1, 0.15) is 20.8 Å². The van der Waals surface area contributed by atoms with Crippen LogP contribution in [0, 0.1) is 17.2 Å². The summed E-state index contributed by atoms with van der Waals surface area (Å²) < 4.78 is 6.95. The molecular weight excluding hydrogens is 420 g/mol. The summed E-state index contributed by atoms with van der Waals surface area (Å²) in [5, 5.41) is 14.9. The van der Waals surface area contributed by atoms with Crippen LogP contribution in [0.25, 0.3) is 21.5 Å². The molecule has 9 heteroatoms. The van der Waals surface area contributed by atoms with Crippen molar-refractivity contribution in [3.63, 3.8) is 0 Å². The Labute approximate surface area is 182 Å². The highest BCUT2D eigenvalue weighted by Gasteiger charge is 2.30. The topological polar surface area (TPSA) is 101 Å². The van der Waals surface area contributed by atoms with Crippen LogP contribution in [0.15, 0.2) is 50.8 Å². The number of hydrogen-bond donors (Lipinski definition) is 1. The number of carbonyl (C=O) groups excluding carboxylic acids is 1. The number of hydrogen-bond acceptors (Lipinski definition) is 7. The number of furan rings is 1. The van der Waals surface area contributed by atoms with Gasteiger partial charge in [0.05, 0.1) is 23.5 Å². The van der Waals surface area contributed by atoms with E-state index in [4.69, 9.17) is 4.42 Å². The van der Waals surface area contributed by atoms with Gasteiger partial charge in [-0.05, 0) is 25.0 Å². The summed E-state index contributed by atoms with van der Waals surface area (Å²) in [4.78, 5) is 30.9. The molecular formula is C21H22N4O3S2. The van der Waals surface area contributed by atoms with E-state index in [1.165, 1.54) is 15.9 Å². The first kappa shape index (κ1) is 21.9. The fraction of sp³-hybridized carbons (Fsp3) is 0.333. The van der Waals surface area contributed by atoms with E-state index in [2.05, 4.69) is 22.9 Å². The quantitative estimate of drug-likeness (QED) is 0.321. The molecule has 0 fully saturated rings. The normalized spacial score (nSPS) is 13.2. The summed E-state index contributed by atoms with van der Waals surface area (Å²) in [6, 6.07) is 5.72. The third-order valence-corrected chi connectivity index (χ3v) is 6.72. The van der Waals surface area contributed by atoms with E-state index in [1.54, 1.807) is 31.4 Å². The Hall–Kier alpha value is -2.83. The Morgan fingerprint density at radius 3 is 2.93 bits per heavy atom. The number of fused-ring (bicyclic) bond motifs is 1. The molecule has 0 aliphatic heterocycles. The molecule has 3 aromatic heterocycles. The summed E-state index contributed by atoms with van der Waals surface area (Å²) in [6.07, 6.45) is 3.17. The van der Waals surface area contributed by atoms with Crippen LogP contribution in [0.4, 0.5) is 0 Å². The fourth-order valence-corrected chi connectivity index (χ4v) is 4.55. The maximum Gasteiger partial charge on any atom is 0.263 e. The van der Waals surface area contributed by atoms with Crippen molar-refractivity contribution in [2.75, 3.05) is 5.75 Å². The highest BCUT2D eigenvalue weighted by molar-refractivity contribution is 7.99. The third kappa shape index (κ3) is 4.20. The molecule has 0 saturated carbocycles. The zero-order valence-corrected chi connectivity index (χ0v) is 18.6. The smallest absolute Gasteiger partial charge is 0.263 e. The minimum Gasteiger partial charge on any atom is -0.464 e. The second-order valence-corrected chi connectivity index (χ2v) is 9.01. The molecule has 156 valence electrons. The number of thioether (sulfide) groups is 1. The van der Waals surface area contributed by atoms with Gasteiger partial charge in [-0.1, -0.05) is 31.7 Å². The molecule has 0 aliphatic rings. The third-order valence-electron chi connectivity index (χ3n) is 4.88. The molecule has 0 unspecified atom stereocenters. The number of allylic oxidation sites excluding steroid dienone is 1. The highest BCUT2D eigenvalue weighted by Crippen LogP contribution is 2.32. The van der Waals surface area contributed by atoms with Gasteiger partial charge in [-0.25, -0.2) is 4.98 Å². The van der Waals surface area contributed by atoms with Crippen molar-refractivity contribution < 1.29 is 9.21 Å². The van der Waals surface area contributed by atoms with Gasteiger partial charge in [-0.3, -0.25) is 14.2 Å². The minimum absolute atomic E-state index is 0.0372. The Kier molecular flexibility index (Phi) is 6.48. The first-order valence-corrected chi connectivity index (χ1v) is 11.2. The molecule has 1 N–H and O–H groups in total. The summed E-state index contributed by atoms with van der Waals surface area (Å²) in [7, 11) is 0. The van der Waals surface area contributed by atoms with E-state index in [9.17, 15) is 14.9 Å². The van der Waals surface area contributed by atoms with Crippen LogP contribution in [0.2, 0.25) is 0 Å². The monoisotopic (exact) mass is 442 g/mol. The molecule has 0 bridgehead atoms. The van der Waals surface area contributed by atoms with E-state index in [1.807, 2.05) is 19.2 Å². The van der Waals surface area contributed by atoms with Crippen LogP contribution in [-0.4, -0.2) is 26.8 Å². The first-order valence-electron chi connectivity index (χ1n) is 9.32. The SMILES string of the molecule is C=CCn1c(SCC(=O)N[C@](C)(C#N)C(C)C)nc2scc(-c3ccco3)c2c1=O. The van der Waals surface area contributed by atoms with Gasteiger partial charge in [0.15, 0.2) is 5.16 Å². The van der Waals surface area contributed by atoms with Crippen LogP contribution in [0.5, 0.6) is 0 Å². The standard InChI is InChI=1S/C21H22N4O3S2/c1-5-8-25-19(27)17-14(15-7-6-9-28-15)10-29-18(17)23-20(25)30-11-16(26)24-21(4,12-22)13(2)3/h5-7,9-10,13H,1,8,11H2,2-4H3,(H,24,26)/t21-/m1/s1. The predicted octanol–water partition coefficient (Wildman–Crippen LogP) is 4.05. The number of nitriles is 1. The van der Waals surface area contributed by atoms with E-state index in [0.717, 1.165) is 11.8 Å². The van der Waals surface area contributed by atoms with Crippen molar-refractivity contribution >= 4 is 39.2 Å². The molecule has 0 spiro atoms. The summed E-state index contributed by atoms with van der Waals surface area (Å²) in [5.41, 5.74) is -0.465. The Bertz CT molecular complexity index is 1170. The maximum absolute atomic E-state index is 13.2. The van der Waals surface area contributed by atoms with E-state index >= 15 is 0 Å².